The van der Waals surface area contributed by atoms with E-state index < -0.39 is 5.97 Å². The van der Waals surface area contributed by atoms with E-state index in [9.17, 15) is 20.1 Å². The highest BCUT2D eigenvalue weighted by Crippen LogP contribution is 2.63. The average Bonchev–Trinajstić information content (AvgIpc) is 2.77. The number of benzene rings is 1. The molecule has 0 aromatic heterocycles. The summed E-state index contributed by atoms with van der Waals surface area (Å²) in [6.45, 7) is 6.24. The Morgan fingerprint density at radius 3 is 2.65 bits per heavy atom. The molecule has 3 rings (SSSR count). The van der Waals surface area contributed by atoms with E-state index in [0.717, 1.165) is 23.1 Å². The van der Waals surface area contributed by atoms with Crippen LogP contribution in [0.1, 0.15) is 50.2 Å². The Bertz CT molecular complexity index is 813. The van der Waals surface area contributed by atoms with Crippen LogP contribution in [0.5, 0.6) is 5.75 Å². The number of rotatable bonds is 5. The maximum absolute atomic E-state index is 11.3. The summed E-state index contributed by atoms with van der Waals surface area (Å²) in [5.74, 6) is -0.514. The molecule has 1 aromatic rings. The lowest BCUT2D eigenvalue weighted by Crippen LogP contribution is -2.44. The summed E-state index contributed by atoms with van der Waals surface area (Å²) in [6, 6.07) is 5.73. The minimum absolute atomic E-state index is 0.00158. The number of aliphatic hydroxyl groups is 1. The molecule has 0 spiro atoms. The zero-order valence-corrected chi connectivity index (χ0v) is 15.4. The van der Waals surface area contributed by atoms with Crippen molar-refractivity contribution >= 4 is 5.97 Å². The van der Waals surface area contributed by atoms with Gasteiger partial charge in [0, 0.05) is 22.8 Å². The molecule has 26 heavy (non-hydrogen) atoms. The number of hydrogen-bond donors (Lipinski definition) is 3. The van der Waals surface area contributed by atoms with Crippen molar-refractivity contribution in [3.63, 3.8) is 0 Å². The van der Waals surface area contributed by atoms with E-state index in [1.54, 1.807) is 12.2 Å². The van der Waals surface area contributed by atoms with Gasteiger partial charge in [-0.1, -0.05) is 62.8 Å². The van der Waals surface area contributed by atoms with Gasteiger partial charge in [-0.2, -0.15) is 0 Å². The van der Waals surface area contributed by atoms with Crippen LogP contribution in [-0.2, 0) is 4.79 Å². The van der Waals surface area contributed by atoms with Gasteiger partial charge in [-0.25, -0.2) is 4.79 Å². The van der Waals surface area contributed by atoms with E-state index in [1.807, 2.05) is 37.3 Å². The van der Waals surface area contributed by atoms with E-state index in [1.165, 1.54) is 0 Å². The highest BCUT2D eigenvalue weighted by atomic mass is 16.4. The minimum atomic E-state index is -0.939. The molecule has 138 valence electrons. The van der Waals surface area contributed by atoms with Crippen molar-refractivity contribution in [2.24, 2.45) is 11.3 Å². The van der Waals surface area contributed by atoms with Gasteiger partial charge in [0.2, 0.25) is 0 Å². The Balaban J connectivity index is 2.05. The van der Waals surface area contributed by atoms with Gasteiger partial charge in [-0.15, -0.1) is 0 Å². The second kappa shape index (κ2) is 6.76. The van der Waals surface area contributed by atoms with Crippen LogP contribution in [0.15, 0.2) is 53.6 Å². The third kappa shape index (κ3) is 2.69. The summed E-state index contributed by atoms with van der Waals surface area (Å²) in [5.41, 5.74) is 2.79. The Morgan fingerprint density at radius 1 is 1.31 bits per heavy atom. The third-order valence-corrected chi connectivity index (χ3v) is 6.29. The minimum Gasteiger partial charge on any atom is -0.507 e. The number of aromatic hydroxyl groups is 1. The van der Waals surface area contributed by atoms with Gasteiger partial charge in [0.15, 0.2) is 0 Å². The summed E-state index contributed by atoms with van der Waals surface area (Å²) >= 11 is 0. The zero-order valence-electron chi connectivity index (χ0n) is 15.4. The molecule has 0 aliphatic heterocycles. The molecule has 4 unspecified atom stereocenters. The number of phenolic OH excluding ortho intramolecular Hbond substituents is 1. The Kier molecular flexibility index (Phi) is 4.80. The maximum atomic E-state index is 11.3. The molecule has 1 aromatic carbocycles. The molecule has 1 fully saturated rings. The quantitative estimate of drug-likeness (QED) is 0.743. The molecular formula is C22H26O4. The third-order valence-electron chi connectivity index (χ3n) is 6.29. The first-order chi connectivity index (χ1) is 12.3. The molecule has 1 saturated carbocycles. The molecule has 0 bridgehead atoms. The van der Waals surface area contributed by atoms with Crippen molar-refractivity contribution < 1.29 is 20.1 Å². The smallest absolute Gasteiger partial charge is 0.335 e. The second-order valence-corrected chi connectivity index (χ2v) is 7.50. The van der Waals surface area contributed by atoms with Crippen molar-refractivity contribution in [3.05, 3.63) is 64.8 Å². The SMILES string of the molecule is CCC(CO)c1cccc(C2C3=CC=C(C(=O)O)C=CC3(C)C2C)c1O. The van der Waals surface area contributed by atoms with Gasteiger partial charge in [-0.05, 0) is 24.0 Å². The monoisotopic (exact) mass is 354 g/mol. The first-order valence-corrected chi connectivity index (χ1v) is 9.12. The fraction of sp³-hybridized carbons (Fsp3) is 0.409. The predicted molar refractivity (Wildman–Crippen MR) is 101 cm³/mol. The van der Waals surface area contributed by atoms with Crippen LogP contribution in [0.25, 0.3) is 0 Å². The summed E-state index contributed by atoms with van der Waals surface area (Å²) in [5, 5.41) is 29.8. The van der Waals surface area contributed by atoms with E-state index in [2.05, 4.69) is 13.8 Å². The van der Waals surface area contributed by atoms with Crippen LogP contribution in [0.4, 0.5) is 0 Å². The molecule has 0 amide bonds. The van der Waals surface area contributed by atoms with Crippen LogP contribution in [0.3, 0.4) is 0 Å². The van der Waals surface area contributed by atoms with Gasteiger partial charge in [0.1, 0.15) is 5.75 Å². The Morgan fingerprint density at radius 2 is 2.04 bits per heavy atom. The molecule has 4 atom stereocenters. The number of hydrogen-bond acceptors (Lipinski definition) is 3. The van der Waals surface area contributed by atoms with Gasteiger partial charge in [0.05, 0.1) is 12.2 Å². The number of allylic oxidation sites excluding steroid dienone is 4. The molecule has 4 nitrogen and oxygen atoms in total. The fourth-order valence-electron chi connectivity index (χ4n) is 4.33. The molecular weight excluding hydrogens is 328 g/mol. The van der Waals surface area contributed by atoms with Crippen molar-refractivity contribution in [3.8, 4) is 5.75 Å². The first kappa shape index (κ1) is 18.5. The lowest BCUT2D eigenvalue weighted by Gasteiger charge is -2.53. The van der Waals surface area contributed by atoms with Gasteiger partial charge >= 0.3 is 5.97 Å². The number of carboxylic acids is 1. The molecule has 0 heterocycles. The van der Waals surface area contributed by atoms with Crippen LogP contribution >= 0.6 is 0 Å². The number of phenols is 1. The number of carboxylic acid groups (broad SMARTS) is 1. The summed E-state index contributed by atoms with van der Waals surface area (Å²) in [7, 11) is 0. The summed E-state index contributed by atoms with van der Waals surface area (Å²) in [4.78, 5) is 11.3. The topological polar surface area (TPSA) is 77.8 Å². The van der Waals surface area contributed by atoms with Crippen molar-refractivity contribution in [2.45, 2.75) is 39.0 Å². The van der Waals surface area contributed by atoms with Crippen molar-refractivity contribution in [1.29, 1.82) is 0 Å². The van der Waals surface area contributed by atoms with Crippen molar-refractivity contribution in [2.75, 3.05) is 6.61 Å². The number of fused-ring (bicyclic) bond motifs is 1. The predicted octanol–water partition coefficient (Wildman–Crippen LogP) is 4.12. The molecule has 2 aliphatic rings. The van der Waals surface area contributed by atoms with Crippen LogP contribution in [0.2, 0.25) is 0 Å². The largest absolute Gasteiger partial charge is 0.507 e. The summed E-state index contributed by atoms with van der Waals surface area (Å²) < 4.78 is 0. The first-order valence-electron chi connectivity index (χ1n) is 9.12. The van der Waals surface area contributed by atoms with Crippen LogP contribution in [-0.4, -0.2) is 27.9 Å². The Labute approximate surface area is 154 Å². The normalized spacial score (nSPS) is 28.3. The van der Waals surface area contributed by atoms with E-state index in [0.29, 0.717) is 0 Å². The fourth-order valence-corrected chi connectivity index (χ4v) is 4.33. The second-order valence-electron chi connectivity index (χ2n) is 7.50. The Hall–Kier alpha value is -2.33. The van der Waals surface area contributed by atoms with Crippen molar-refractivity contribution in [1.82, 2.24) is 0 Å². The van der Waals surface area contributed by atoms with E-state index in [4.69, 9.17) is 0 Å². The van der Waals surface area contributed by atoms with Gasteiger partial charge in [-0.3, -0.25) is 0 Å². The summed E-state index contributed by atoms with van der Waals surface area (Å²) in [6.07, 6.45) is 7.93. The molecule has 0 saturated heterocycles. The number of carbonyl (C=O) groups is 1. The van der Waals surface area contributed by atoms with Crippen LogP contribution in [0, 0.1) is 11.3 Å². The van der Waals surface area contributed by atoms with E-state index >= 15 is 0 Å². The standard InChI is InChI=1S/C22H26O4/c1-4-14(12-23)16-6-5-7-17(20(16)24)19-13(2)22(3)11-10-15(21(25)26)8-9-18(19)22/h5-11,13-14,19,23-24H,4,12H2,1-3H3,(H,25,26). The molecule has 2 aliphatic carbocycles. The molecule has 4 heteroatoms. The number of para-hydroxylation sites is 1. The zero-order chi connectivity index (χ0) is 19.1. The average molecular weight is 354 g/mol. The molecule has 0 radical (unpaired) electrons. The highest BCUT2D eigenvalue weighted by Gasteiger charge is 2.52. The number of aliphatic hydroxyl groups excluding tert-OH is 1. The lowest BCUT2D eigenvalue weighted by atomic mass is 9.50. The van der Waals surface area contributed by atoms with Crippen LogP contribution < -0.4 is 0 Å². The van der Waals surface area contributed by atoms with E-state index in [-0.39, 0.29) is 41.1 Å². The lowest BCUT2D eigenvalue weighted by molar-refractivity contribution is -0.132. The van der Waals surface area contributed by atoms with Gasteiger partial charge in [0.25, 0.3) is 0 Å². The molecule has 3 N–H and O–H groups in total. The maximum Gasteiger partial charge on any atom is 0.335 e. The van der Waals surface area contributed by atoms with Gasteiger partial charge < -0.3 is 15.3 Å². The highest BCUT2D eigenvalue weighted by molar-refractivity contribution is 5.90. The number of aliphatic carboxylic acids is 1.